The Morgan fingerprint density at radius 2 is 1.48 bits per heavy atom. The molecule has 4 unspecified atom stereocenters. The highest BCUT2D eigenvalue weighted by Crippen LogP contribution is 2.45. The first-order valence-corrected chi connectivity index (χ1v) is 11.3. The van der Waals surface area contributed by atoms with Gasteiger partial charge in [0.15, 0.2) is 0 Å². The molecular formula is C24H32N2O. The number of morpholine rings is 1. The Balaban J connectivity index is 1.26. The number of piperidine rings is 1. The quantitative estimate of drug-likeness (QED) is 0.745. The Labute approximate surface area is 162 Å². The van der Waals surface area contributed by atoms with E-state index >= 15 is 0 Å². The summed E-state index contributed by atoms with van der Waals surface area (Å²) >= 11 is 0. The Hall–Kier alpha value is -1.32. The van der Waals surface area contributed by atoms with E-state index in [1.807, 2.05) is 0 Å². The molecule has 1 aromatic carbocycles. The zero-order valence-electron chi connectivity index (χ0n) is 16.3. The second-order valence-corrected chi connectivity index (χ2v) is 9.72. The van der Waals surface area contributed by atoms with Crippen LogP contribution in [-0.4, -0.2) is 40.8 Å². The highest BCUT2D eigenvalue weighted by Gasteiger charge is 2.45. The molecule has 2 aliphatic heterocycles. The standard InChI is InChI=1S/C24H32N2O/c1-2-7-24-19(6-1)8-9-25(24)20-13-22-15-27-16-23(14-20)26(22)21-11-17-4-3-5-18(10-17)12-21/h1-2,6-9,17-18,20-23H,3-5,10-16H2. The third kappa shape index (κ3) is 2.86. The number of rotatable bonds is 2. The van der Waals surface area contributed by atoms with Gasteiger partial charge in [-0.25, -0.2) is 0 Å². The smallest absolute Gasteiger partial charge is 0.0623 e. The van der Waals surface area contributed by atoms with E-state index in [1.165, 1.54) is 62.3 Å². The summed E-state index contributed by atoms with van der Waals surface area (Å²) in [6.45, 7) is 1.88. The summed E-state index contributed by atoms with van der Waals surface area (Å²) in [6.07, 6.45) is 13.7. The summed E-state index contributed by atoms with van der Waals surface area (Å²) in [4.78, 5) is 2.95. The Morgan fingerprint density at radius 1 is 0.741 bits per heavy atom. The van der Waals surface area contributed by atoms with E-state index in [0.717, 1.165) is 31.1 Å². The van der Waals surface area contributed by atoms with E-state index in [2.05, 4.69) is 46.0 Å². The molecule has 3 heteroatoms. The topological polar surface area (TPSA) is 17.4 Å². The van der Waals surface area contributed by atoms with Crippen LogP contribution in [0.25, 0.3) is 10.9 Å². The Bertz CT molecular complexity index is 788. The van der Waals surface area contributed by atoms with Gasteiger partial charge in [-0.15, -0.1) is 0 Å². The van der Waals surface area contributed by atoms with Crippen LogP contribution in [-0.2, 0) is 4.74 Å². The lowest BCUT2D eigenvalue weighted by atomic mass is 9.69. The zero-order chi connectivity index (χ0) is 17.8. The van der Waals surface area contributed by atoms with Crippen molar-refractivity contribution in [2.75, 3.05) is 13.2 Å². The lowest BCUT2D eigenvalue weighted by Gasteiger charge is -2.55. The van der Waals surface area contributed by atoms with E-state index in [9.17, 15) is 0 Å². The van der Waals surface area contributed by atoms with Crippen LogP contribution in [0.3, 0.4) is 0 Å². The number of para-hydroxylation sites is 1. The summed E-state index contributed by atoms with van der Waals surface area (Å²) in [7, 11) is 0. The van der Waals surface area contributed by atoms with Crippen LogP contribution in [0, 0.1) is 11.8 Å². The second-order valence-electron chi connectivity index (χ2n) is 9.72. The van der Waals surface area contributed by atoms with Gasteiger partial charge in [0.25, 0.3) is 0 Å². The molecule has 0 radical (unpaired) electrons. The summed E-state index contributed by atoms with van der Waals surface area (Å²) in [5.41, 5.74) is 1.40. The van der Waals surface area contributed by atoms with Gasteiger partial charge in [-0.05, 0) is 61.5 Å². The van der Waals surface area contributed by atoms with Crippen LogP contribution in [0.1, 0.15) is 57.4 Å². The Kier molecular flexibility index (Phi) is 4.08. The van der Waals surface area contributed by atoms with Gasteiger partial charge in [0.2, 0.25) is 0 Å². The zero-order valence-corrected chi connectivity index (χ0v) is 16.3. The number of aromatic nitrogens is 1. The molecular weight excluding hydrogens is 332 g/mol. The summed E-state index contributed by atoms with van der Waals surface area (Å²) in [5.74, 6) is 2.02. The fourth-order valence-corrected chi connectivity index (χ4v) is 7.10. The van der Waals surface area contributed by atoms with Gasteiger partial charge < -0.3 is 9.30 Å². The number of hydrogen-bond acceptors (Lipinski definition) is 2. The SMILES string of the molecule is c1ccc2c(c1)ccn2C1CC2COCC(C1)N2C1CC2CCCC(C2)C1. The van der Waals surface area contributed by atoms with Crippen LogP contribution in [0.2, 0.25) is 0 Å². The van der Waals surface area contributed by atoms with Gasteiger partial charge in [0, 0.05) is 35.9 Å². The maximum Gasteiger partial charge on any atom is 0.0623 e. The first kappa shape index (κ1) is 16.6. The molecule has 4 atom stereocenters. The molecule has 3 heterocycles. The number of hydrogen-bond donors (Lipinski definition) is 0. The molecule has 3 nitrogen and oxygen atoms in total. The molecule has 144 valence electrons. The van der Waals surface area contributed by atoms with Crippen molar-refractivity contribution < 1.29 is 4.74 Å². The minimum atomic E-state index is 0.618. The molecule has 0 amide bonds. The average Bonchev–Trinajstić information content (AvgIpc) is 3.11. The van der Waals surface area contributed by atoms with E-state index in [-0.39, 0.29) is 0 Å². The Morgan fingerprint density at radius 3 is 2.26 bits per heavy atom. The maximum atomic E-state index is 6.05. The number of fused-ring (bicyclic) bond motifs is 5. The van der Waals surface area contributed by atoms with Crippen molar-refractivity contribution in [1.82, 2.24) is 9.47 Å². The van der Waals surface area contributed by atoms with Crippen LogP contribution < -0.4 is 0 Å². The lowest BCUT2D eigenvalue weighted by molar-refractivity contribution is -0.118. The average molecular weight is 365 g/mol. The third-order valence-corrected chi connectivity index (χ3v) is 8.10. The lowest BCUT2D eigenvalue weighted by Crippen LogP contribution is -2.61. The molecule has 2 aromatic rings. The summed E-state index contributed by atoms with van der Waals surface area (Å²) < 4.78 is 8.62. The predicted molar refractivity (Wildman–Crippen MR) is 109 cm³/mol. The molecule has 0 N–H and O–H groups in total. The highest BCUT2D eigenvalue weighted by molar-refractivity contribution is 5.80. The van der Waals surface area contributed by atoms with Crippen LogP contribution >= 0.6 is 0 Å². The van der Waals surface area contributed by atoms with Gasteiger partial charge in [-0.3, -0.25) is 4.90 Å². The first-order valence-electron chi connectivity index (χ1n) is 11.3. The predicted octanol–water partition coefficient (Wildman–Crippen LogP) is 5.01. The number of ether oxygens (including phenoxy) is 1. The van der Waals surface area contributed by atoms with Gasteiger partial charge in [0.1, 0.15) is 0 Å². The maximum absolute atomic E-state index is 6.05. The molecule has 2 aliphatic carbocycles. The van der Waals surface area contributed by atoms with E-state index in [4.69, 9.17) is 4.74 Å². The summed E-state index contributed by atoms with van der Waals surface area (Å²) in [5, 5.41) is 1.38. The molecule has 1 aromatic heterocycles. The minimum absolute atomic E-state index is 0.618. The molecule has 6 rings (SSSR count). The van der Waals surface area contributed by atoms with Gasteiger partial charge in [-0.1, -0.05) is 37.5 Å². The van der Waals surface area contributed by atoms with Gasteiger partial charge in [-0.2, -0.15) is 0 Å². The monoisotopic (exact) mass is 364 g/mol. The van der Waals surface area contributed by atoms with E-state index < -0.39 is 0 Å². The van der Waals surface area contributed by atoms with Crippen molar-refractivity contribution in [2.24, 2.45) is 11.8 Å². The number of nitrogens with zero attached hydrogens (tertiary/aromatic N) is 2. The van der Waals surface area contributed by atoms with E-state index in [1.54, 1.807) is 0 Å². The normalized spacial score (nSPS) is 39.6. The molecule has 4 aliphatic rings. The minimum Gasteiger partial charge on any atom is -0.378 e. The molecule has 27 heavy (non-hydrogen) atoms. The van der Waals surface area contributed by atoms with Crippen molar-refractivity contribution in [3.63, 3.8) is 0 Å². The van der Waals surface area contributed by atoms with Gasteiger partial charge >= 0.3 is 0 Å². The first-order chi connectivity index (χ1) is 13.3. The summed E-state index contributed by atoms with van der Waals surface area (Å²) in [6, 6.07) is 13.8. The molecule has 0 spiro atoms. The largest absolute Gasteiger partial charge is 0.378 e. The fourth-order valence-electron chi connectivity index (χ4n) is 7.10. The van der Waals surface area contributed by atoms with Gasteiger partial charge in [0.05, 0.1) is 13.2 Å². The van der Waals surface area contributed by atoms with E-state index in [0.29, 0.717) is 18.1 Å². The second kappa shape index (κ2) is 6.63. The van der Waals surface area contributed by atoms with Crippen molar-refractivity contribution >= 4 is 10.9 Å². The van der Waals surface area contributed by atoms with Crippen LogP contribution in [0.15, 0.2) is 36.5 Å². The van der Waals surface area contributed by atoms with Crippen LogP contribution in [0.4, 0.5) is 0 Å². The molecule has 4 fully saturated rings. The van der Waals surface area contributed by atoms with Crippen molar-refractivity contribution in [3.8, 4) is 0 Å². The van der Waals surface area contributed by atoms with Crippen molar-refractivity contribution in [2.45, 2.75) is 75.5 Å². The van der Waals surface area contributed by atoms with Crippen LogP contribution in [0.5, 0.6) is 0 Å². The number of benzene rings is 1. The highest BCUT2D eigenvalue weighted by atomic mass is 16.5. The van der Waals surface area contributed by atoms with Crippen molar-refractivity contribution in [1.29, 1.82) is 0 Å². The molecule has 4 bridgehead atoms. The third-order valence-electron chi connectivity index (χ3n) is 8.10. The fraction of sp³-hybridized carbons (Fsp3) is 0.667. The molecule has 2 saturated heterocycles. The van der Waals surface area contributed by atoms with Crippen molar-refractivity contribution in [3.05, 3.63) is 36.5 Å². The molecule has 2 saturated carbocycles.